The van der Waals surface area contributed by atoms with Gasteiger partial charge in [0.25, 0.3) is 5.91 Å². The molecule has 96 valence electrons. The van der Waals surface area contributed by atoms with Crippen molar-refractivity contribution in [1.29, 1.82) is 0 Å². The molecule has 0 spiro atoms. The van der Waals surface area contributed by atoms with E-state index in [0.29, 0.717) is 12.2 Å². The maximum absolute atomic E-state index is 11.8. The quantitative estimate of drug-likeness (QED) is 0.858. The summed E-state index contributed by atoms with van der Waals surface area (Å²) in [5.41, 5.74) is 0.533. The van der Waals surface area contributed by atoms with Crippen LogP contribution in [0.4, 0.5) is 5.69 Å². The Bertz CT molecular complexity index is 485. The number of anilines is 1. The van der Waals surface area contributed by atoms with Crippen LogP contribution >= 0.6 is 0 Å². The highest BCUT2D eigenvalue weighted by atomic mass is 16.5. The molecule has 1 aliphatic rings. The fraction of sp³-hybridized carbons (Fsp3) is 0.333. The van der Waals surface area contributed by atoms with Crippen LogP contribution in [0.5, 0.6) is 5.75 Å². The summed E-state index contributed by atoms with van der Waals surface area (Å²) in [5, 5.41) is 9.06. The van der Waals surface area contributed by atoms with Gasteiger partial charge in [0.1, 0.15) is 18.8 Å². The average Bonchev–Trinajstić information content (AvgIpc) is 2.37. The number of aromatic carboxylic acids is 1. The number of carbonyl (C=O) groups excluding carboxylic acids is 1. The van der Waals surface area contributed by atoms with E-state index in [-0.39, 0.29) is 30.4 Å². The van der Waals surface area contributed by atoms with E-state index in [0.717, 1.165) is 0 Å². The van der Waals surface area contributed by atoms with Gasteiger partial charge in [-0.05, 0) is 12.1 Å². The van der Waals surface area contributed by atoms with E-state index in [1.165, 1.54) is 18.1 Å². The first-order chi connectivity index (χ1) is 8.65. The SMILES string of the molecule is COCC(=O)N1CCOc2c(C(=O)O)cccc21. The van der Waals surface area contributed by atoms with E-state index in [2.05, 4.69) is 0 Å². The number of methoxy groups -OCH3 is 1. The Morgan fingerprint density at radius 2 is 2.28 bits per heavy atom. The van der Waals surface area contributed by atoms with E-state index in [1.807, 2.05) is 0 Å². The molecule has 0 atom stereocenters. The second-order valence-electron chi connectivity index (χ2n) is 3.79. The maximum atomic E-state index is 11.8. The molecule has 0 unspecified atom stereocenters. The van der Waals surface area contributed by atoms with Crippen molar-refractivity contribution < 1.29 is 24.2 Å². The van der Waals surface area contributed by atoms with Gasteiger partial charge in [-0.1, -0.05) is 6.07 Å². The number of ether oxygens (including phenoxy) is 2. The molecule has 1 amide bonds. The fourth-order valence-corrected chi connectivity index (χ4v) is 1.88. The van der Waals surface area contributed by atoms with Gasteiger partial charge in [-0.2, -0.15) is 0 Å². The first kappa shape index (κ1) is 12.4. The summed E-state index contributed by atoms with van der Waals surface area (Å²) in [6, 6.07) is 4.70. The van der Waals surface area contributed by atoms with Crippen molar-refractivity contribution >= 4 is 17.6 Å². The van der Waals surface area contributed by atoms with Crippen LogP contribution in [0.25, 0.3) is 0 Å². The van der Waals surface area contributed by atoms with Gasteiger partial charge in [-0.3, -0.25) is 4.79 Å². The van der Waals surface area contributed by atoms with E-state index < -0.39 is 5.97 Å². The number of para-hydroxylation sites is 1. The number of amides is 1. The largest absolute Gasteiger partial charge is 0.489 e. The number of hydrogen-bond donors (Lipinski definition) is 1. The molecule has 0 fully saturated rings. The Kier molecular flexibility index (Phi) is 3.47. The molecular formula is C12H13NO5. The molecule has 0 aromatic heterocycles. The zero-order valence-electron chi connectivity index (χ0n) is 9.88. The van der Waals surface area contributed by atoms with Crippen LogP contribution in [0.1, 0.15) is 10.4 Å². The van der Waals surface area contributed by atoms with E-state index in [4.69, 9.17) is 14.6 Å². The lowest BCUT2D eigenvalue weighted by atomic mass is 10.1. The topological polar surface area (TPSA) is 76.1 Å². The van der Waals surface area contributed by atoms with Crippen molar-refractivity contribution in [2.24, 2.45) is 0 Å². The molecule has 1 aromatic carbocycles. The number of fused-ring (bicyclic) bond motifs is 1. The summed E-state index contributed by atoms with van der Waals surface area (Å²) in [5.74, 6) is -1.06. The van der Waals surface area contributed by atoms with Crippen molar-refractivity contribution in [3.05, 3.63) is 23.8 Å². The summed E-state index contributed by atoms with van der Waals surface area (Å²) in [7, 11) is 1.44. The molecule has 0 radical (unpaired) electrons. The molecule has 1 heterocycles. The smallest absolute Gasteiger partial charge is 0.339 e. The molecule has 1 aromatic rings. The van der Waals surface area contributed by atoms with Crippen LogP contribution in [0.15, 0.2) is 18.2 Å². The van der Waals surface area contributed by atoms with E-state index >= 15 is 0 Å². The Balaban J connectivity index is 2.41. The predicted octanol–water partition coefficient (Wildman–Crippen LogP) is 0.757. The minimum atomic E-state index is -1.08. The third-order valence-corrected chi connectivity index (χ3v) is 2.65. The Morgan fingerprint density at radius 1 is 1.50 bits per heavy atom. The molecule has 0 saturated carbocycles. The first-order valence-electron chi connectivity index (χ1n) is 5.43. The average molecular weight is 251 g/mol. The molecule has 1 aliphatic heterocycles. The number of rotatable bonds is 3. The second-order valence-corrected chi connectivity index (χ2v) is 3.79. The minimum absolute atomic E-state index is 0.0449. The molecular weight excluding hydrogens is 238 g/mol. The molecule has 0 aliphatic carbocycles. The van der Waals surface area contributed by atoms with Gasteiger partial charge in [0.15, 0.2) is 5.75 Å². The van der Waals surface area contributed by atoms with Gasteiger partial charge in [-0.25, -0.2) is 4.79 Å². The summed E-state index contributed by atoms with van der Waals surface area (Å²) >= 11 is 0. The number of carboxylic acid groups (broad SMARTS) is 1. The number of carbonyl (C=O) groups is 2. The molecule has 2 rings (SSSR count). The van der Waals surface area contributed by atoms with Crippen molar-refractivity contribution in [1.82, 2.24) is 0 Å². The number of nitrogens with zero attached hydrogens (tertiary/aromatic N) is 1. The third kappa shape index (κ3) is 2.14. The molecule has 0 bridgehead atoms. The van der Waals surface area contributed by atoms with Gasteiger partial charge < -0.3 is 19.5 Å². The number of carboxylic acids is 1. The van der Waals surface area contributed by atoms with Crippen LogP contribution < -0.4 is 9.64 Å². The normalized spacial score (nSPS) is 13.7. The maximum Gasteiger partial charge on any atom is 0.339 e. The van der Waals surface area contributed by atoms with Crippen molar-refractivity contribution in [2.75, 3.05) is 31.8 Å². The monoisotopic (exact) mass is 251 g/mol. The van der Waals surface area contributed by atoms with Crippen LogP contribution in [0.3, 0.4) is 0 Å². The molecule has 6 heteroatoms. The zero-order valence-corrected chi connectivity index (χ0v) is 9.88. The van der Waals surface area contributed by atoms with Crippen LogP contribution in [-0.4, -0.2) is 43.9 Å². The fourth-order valence-electron chi connectivity index (χ4n) is 1.88. The van der Waals surface area contributed by atoms with Gasteiger partial charge in [0.2, 0.25) is 0 Å². The Hall–Kier alpha value is -2.08. The highest BCUT2D eigenvalue weighted by molar-refractivity contribution is 6.00. The molecule has 6 nitrogen and oxygen atoms in total. The zero-order chi connectivity index (χ0) is 13.1. The van der Waals surface area contributed by atoms with Crippen molar-refractivity contribution in [3.63, 3.8) is 0 Å². The molecule has 18 heavy (non-hydrogen) atoms. The lowest BCUT2D eigenvalue weighted by Gasteiger charge is -2.30. The standard InChI is InChI=1S/C12H13NO5/c1-17-7-10(14)13-5-6-18-11-8(12(15)16)3-2-4-9(11)13/h2-4H,5-7H2,1H3,(H,15,16). The van der Waals surface area contributed by atoms with E-state index in [9.17, 15) is 9.59 Å². The predicted molar refractivity (Wildman–Crippen MR) is 63.1 cm³/mol. The van der Waals surface area contributed by atoms with Crippen molar-refractivity contribution in [2.45, 2.75) is 0 Å². The summed E-state index contributed by atoms with van der Waals surface area (Å²) in [6.07, 6.45) is 0. The van der Waals surface area contributed by atoms with Gasteiger partial charge in [0, 0.05) is 7.11 Å². The summed E-state index contributed by atoms with van der Waals surface area (Å²) in [4.78, 5) is 24.4. The number of benzene rings is 1. The third-order valence-electron chi connectivity index (χ3n) is 2.65. The molecule has 1 N–H and O–H groups in total. The lowest BCUT2D eigenvalue weighted by Crippen LogP contribution is -2.40. The highest BCUT2D eigenvalue weighted by Gasteiger charge is 2.27. The summed E-state index contributed by atoms with van der Waals surface area (Å²) in [6.45, 7) is 0.613. The minimum Gasteiger partial charge on any atom is -0.489 e. The lowest BCUT2D eigenvalue weighted by molar-refractivity contribution is -0.122. The van der Waals surface area contributed by atoms with Crippen molar-refractivity contribution in [3.8, 4) is 5.75 Å². The number of hydrogen-bond acceptors (Lipinski definition) is 4. The van der Waals surface area contributed by atoms with Crippen LogP contribution in [-0.2, 0) is 9.53 Å². The molecule has 0 saturated heterocycles. The Morgan fingerprint density at radius 3 is 2.94 bits per heavy atom. The first-order valence-corrected chi connectivity index (χ1v) is 5.43. The second kappa shape index (κ2) is 5.05. The van der Waals surface area contributed by atoms with Gasteiger partial charge in [-0.15, -0.1) is 0 Å². The Labute approximate surface area is 104 Å². The van der Waals surface area contributed by atoms with Gasteiger partial charge >= 0.3 is 5.97 Å². The van der Waals surface area contributed by atoms with E-state index in [1.54, 1.807) is 12.1 Å². The van der Waals surface area contributed by atoms with Crippen LogP contribution in [0, 0.1) is 0 Å². The van der Waals surface area contributed by atoms with Gasteiger partial charge in [0.05, 0.1) is 12.2 Å². The summed E-state index contributed by atoms with van der Waals surface area (Å²) < 4.78 is 10.2. The highest BCUT2D eigenvalue weighted by Crippen LogP contribution is 2.34. The van der Waals surface area contributed by atoms with Crippen LogP contribution in [0.2, 0.25) is 0 Å².